The molecular formula is C23H24N2O5S. The Balaban J connectivity index is 1.52. The molecule has 1 aromatic heterocycles. The maximum atomic E-state index is 12.8. The van der Waals surface area contributed by atoms with E-state index in [1.807, 2.05) is 49.4 Å². The predicted molar refractivity (Wildman–Crippen MR) is 117 cm³/mol. The number of aryl methyl sites for hydroxylation is 1. The summed E-state index contributed by atoms with van der Waals surface area (Å²) < 4.78 is 31.0. The molecule has 2 aromatic carbocycles. The number of benzene rings is 2. The number of nitrogens with zero attached hydrogens (tertiary/aromatic N) is 1. The van der Waals surface area contributed by atoms with Gasteiger partial charge in [0, 0.05) is 35.6 Å². The maximum absolute atomic E-state index is 12.8. The van der Waals surface area contributed by atoms with Crippen molar-refractivity contribution in [2.24, 2.45) is 0 Å². The molecule has 162 valence electrons. The molecule has 0 amide bonds. The standard InChI is InChI=1S/C23H24N2O5S/c1-3-15-9-6-10-18-19(12-24-22(15)18)21(26)14-30-23(27)20-11-16-7-4-5-8-17(16)13-25(20)31(2,28)29/h4-10,12,20,24H,3,11,13-14H2,1-2H3/t20-/m0/s1. The zero-order valence-electron chi connectivity index (χ0n) is 17.4. The third-order valence-corrected chi connectivity index (χ3v) is 6.97. The third kappa shape index (κ3) is 4.13. The molecule has 0 bridgehead atoms. The largest absolute Gasteiger partial charge is 0.456 e. The van der Waals surface area contributed by atoms with Crippen LogP contribution in [0.3, 0.4) is 0 Å². The topological polar surface area (TPSA) is 96.5 Å². The van der Waals surface area contributed by atoms with E-state index in [2.05, 4.69) is 4.98 Å². The third-order valence-electron chi connectivity index (χ3n) is 5.73. The second-order valence-corrected chi connectivity index (χ2v) is 9.66. The zero-order chi connectivity index (χ0) is 22.2. The number of Topliss-reactive ketones (excluding diaryl/α,β-unsaturated/α-hetero) is 1. The van der Waals surface area contributed by atoms with Gasteiger partial charge in [0.25, 0.3) is 0 Å². The van der Waals surface area contributed by atoms with Gasteiger partial charge in [-0.25, -0.2) is 8.42 Å². The van der Waals surface area contributed by atoms with Crippen LogP contribution in [0.2, 0.25) is 0 Å². The lowest BCUT2D eigenvalue weighted by atomic mass is 9.96. The maximum Gasteiger partial charge on any atom is 0.325 e. The van der Waals surface area contributed by atoms with E-state index in [1.54, 1.807) is 6.20 Å². The minimum Gasteiger partial charge on any atom is -0.456 e. The van der Waals surface area contributed by atoms with E-state index < -0.39 is 28.6 Å². The molecule has 2 heterocycles. The highest BCUT2D eigenvalue weighted by molar-refractivity contribution is 7.88. The van der Waals surface area contributed by atoms with E-state index >= 15 is 0 Å². The number of ketones is 1. The summed E-state index contributed by atoms with van der Waals surface area (Å²) in [5.41, 5.74) is 4.20. The van der Waals surface area contributed by atoms with Gasteiger partial charge < -0.3 is 9.72 Å². The highest BCUT2D eigenvalue weighted by Gasteiger charge is 2.38. The quantitative estimate of drug-likeness (QED) is 0.470. The summed E-state index contributed by atoms with van der Waals surface area (Å²) in [6.45, 7) is 1.69. The molecule has 7 nitrogen and oxygen atoms in total. The van der Waals surface area contributed by atoms with Gasteiger partial charge in [-0.1, -0.05) is 49.4 Å². The van der Waals surface area contributed by atoms with Gasteiger partial charge in [0.1, 0.15) is 6.04 Å². The number of aromatic nitrogens is 1. The van der Waals surface area contributed by atoms with Crippen LogP contribution in [0.5, 0.6) is 0 Å². The Morgan fingerprint density at radius 2 is 1.87 bits per heavy atom. The molecule has 3 aromatic rings. The lowest BCUT2D eigenvalue weighted by Crippen LogP contribution is -2.49. The van der Waals surface area contributed by atoms with Crippen molar-refractivity contribution in [2.45, 2.75) is 32.4 Å². The molecule has 1 aliphatic rings. The van der Waals surface area contributed by atoms with Gasteiger partial charge in [0.05, 0.1) is 6.26 Å². The molecule has 8 heteroatoms. The van der Waals surface area contributed by atoms with E-state index in [-0.39, 0.29) is 18.7 Å². The Morgan fingerprint density at radius 1 is 1.13 bits per heavy atom. The molecule has 0 fully saturated rings. The van der Waals surface area contributed by atoms with Gasteiger partial charge in [-0.2, -0.15) is 4.31 Å². The number of rotatable bonds is 6. The normalized spacial score (nSPS) is 16.8. The van der Waals surface area contributed by atoms with Crippen LogP contribution in [0.1, 0.15) is 34.0 Å². The summed E-state index contributed by atoms with van der Waals surface area (Å²) >= 11 is 0. The van der Waals surface area contributed by atoms with Crippen LogP contribution in [-0.2, 0) is 38.9 Å². The van der Waals surface area contributed by atoms with E-state index in [0.717, 1.165) is 44.6 Å². The van der Waals surface area contributed by atoms with E-state index in [9.17, 15) is 18.0 Å². The smallest absolute Gasteiger partial charge is 0.325 e. The molecule has 0 aliphatic carbocycles. The number of carbonyl (C=O) groups excluding carboxylic acids is 2. The highest BCUT2D eigenvalue weighted by Crippen LogP contribution is 2.27. The van der Waals surface area contributed by atoms with Crippen molar-refractivity contribution in [1.82, 2.24) is 9.29 Å². The van der Waals surface area contributed by atoms with Gasteiger partial charge >= 0.3 is 5.97 Å². The Labute approximate surface area is 181 Å². The number of hydrogen-bond donors (Lipinski definition) is 1. The number of esters is 1. The van der Waals surface area contributed by atoms with Crippen LogP contribution in [0.4, 0.5) is 0 Å². The number of sulfonamides is 1. The van der Waals surface area contributed by atoms with Crippen LogP contribution >= 0.6 is 0 Å². The van der Waals surface area contributed by atoms with Crippen molar-refractivity contribution in [3.05, 3.63) is 70.9 Å². The molecule has 31 heavy (non-hydrogen) atoms. The number of ether oxygens (including phenoxy) is 1. The summed E-state index contributed by atoms with van der Waals surface area (Å²) in [7, 11) is -3.64. The SMILES string of the molecule is CCc1cccc2c(C(=O)COC(=O)[C@@H]3Cc4ccccc4CN3S(C)(=O)=O)c[nH]c12. The summed E-state index contributed by atoms with van der Waals surface area (Å²) in [6, 6.07) is 12.1. The molecule has 1 aliphatic heterocycles. The molecule has 1 N–H and O–H groups in total. The van der Waals surface area contributed by atoms with Gasteiger partial charge in [0.2, 0.25) is 15.8 Å². The van der Waals surface area contributed by atoms with E-state index in [0.29, 0.717) is 5.56 Å². The predicted octanol–water partition coefficient (Wildman–Crippen LogP) is 2.84. The van der Waals surface area contributed by atoms with Gasteiger partial charge in [-0.05, 0) is 23.1 Å². The Kier molecular flexibility index (Phi) is 5.68. The monoisotopic (exact) mass is 440 g/mol. The first-order valence-corrected chi connectivity index (χ1v) is 12.0. The minimum absolute atomic E-state index is 0.102. The summed E-state index contributed by atoms with van der Waals surface area (Å²) in [4.78, 5) is 28.7. The van der Waals surface area contributed by atoms with Crippen LogP contribution in [-0.4, -0.2) is 48.4 Å². The molecule has 0 spiro atoms. The van der Waals surface area contributed by atoms with Crippen LogP contribution < -0.4 is 0 Å². The van der Waals surface area contributed by atoms with Crippen LogP contribution in [0.15, 0.2) is 48.7 Å². The van der Waals surface area contributed by atoms with Gasteiger partial charge in [-0.15, -0.1) is 0 Å². The average molecular weight is 441 g/mol. The van der Waals surface area contributed by atoms with Gasteiger partial charge in [-0.3, -0.25) is 9.59 Å². The van der Waals surface area contributed by atoms with Crippen molar-refractivity contribution in [3.63, 3.8) is 0 Å². The second-order valence-electron chi connectivity index (χ2n) is 7.72. The lowest BCUT2D eigenvalue weighted by Gasteiger charge is -2.33. The minimum atomic E-state index is -3.64. The summed E-state index contributed by atoms with van der Waals surface area (Å²) in [5.74, 6) is -1.06. The first-order chi connectivity index (χ1) is 14.8. The van der Waals surface area contributed by atoms with Crippen molar-refractivity contribution in [3.8, 4) is 0 Å². The number of para-hydroxylation sites is 1. The Morgan fingerprint density at radius 3 is 2.58 bits per heavy atom. The molecule has 0 unspecified atom stereocenters. The fourth-order valence-corrected chi connectivity index (χ4v) is 5.10. The molecule has 1 atom stereocenters. The fourth-order valence-electron chi connectivity index (χ4n) is 4.10. The molecule has 0 radical (unpaired) electrons. The average Bonchev–Trinajstić information content (AvgIpc) is 3.20. The van der Waals surface area contributed by atoms with E-state index in [4.69, 9.17) is 4.74 Å². The first-order valence-electron chi connectivity index (χ1n) is 10.1. The number of aromatic amines is 1. The highest BCUT2D eigenvalue weighted by atomic mass is 32.2. The number of nitrogens with one attached hydrogen (secondary N) is 1. The van der Waals surface area contributed by atoms with E-state index in [1.165, 1.54) is 0 Å². The van der Waals surface area contributed by atoms with Crippen LogP contribution in [0, 0.1) is 0 Å². The number of carbonyl (C=O) groups is 2. The number of hydrogen-bond acceptors (Lipinski definition) is 5. The second kappa shape index (κ2) is 8.28. The molecular weight excluding hydrogens is 416 g/mol. The van der Waals surface area contributed by atoms with Crippen LogP contribution in [0.25, 0.3) is 10.9 Å². The van der Waals surface area contributed by atoms with Crippen molar-refractivity contribution < 1.29 is 22.7 Å². The summed E-state index contributed by atoms with van der Waals surface area (Å²) in [6.07, 6.45) is 3.73. The first kappa shape index (κ1) is 21.3. The lowest BCUT2D eigenvalue weighted by molar-refractivity contribution is -0.147. The van der Waals surface area contributed by atoms with Crippen molar-refractivity contribution in [1.29, 1.82) is 0 Å². The fraction of sp³-hybridized carbons (Fsp3) is 0.304. The van der Waals surface area contributed by atoms with Crippen molar-refractivity contribution in [2.75, 3.05) is 12.9 Å². The summed E-state index contributed by atoms with van der Waals surface area (Å²) in [5, 5.41) is 0.782. The number of H-pyrrole nitrogens is 1. The molecule has 0 saturated carbocycles. The van der Waals surface area contributed by atoms with Gasteiger partial charge in [0.15, 0.2) is 6.61 Å². The number of fused-ring (bicyclic) bond motifs is 2. The Bertz CT molecular complexity index is 1260. The Hall–Kier alpha value is -2.97. The van der Waals surface area contributed by atoms with Crippen molar-refractivity contribution >= 4 is 32.7 Å². The molecule has 0 saturated heterocycles. The zero-order valence-corrected chi connectivity index (χ0v) is 18.2. The molecule has 4 rings (SSSR count).